The molecule has 124 valence electrons. The second kappa shape index (κ2) is 7.73. The molecule has 0 spiro atoms. The molecule has 7 heteroatoms. The van der Waals surface area contributed by atoms with E-state index in [-0.39, 0.29) is 10.5 Å². The van der Waals surface area contributed by atoms with E-state index in [1.165, 1.54) is 24.3 Å². The Hall–Kier alpha value is -2.69. The zero-order valence-corrected chi connectivity index (χ0v) is 13.9. The molecule has 2 aromatic carbocycles. The highest BCUT2D eigenvalue weighted by molar-refractivity contribution is 7.89. The monoisotopic (exact) mass is 343 g/mol. The van der Waals surface area contributed by atoms with Crippen LogP contribution in [0.4, 0.5) is 5.69 Å². The van der Waals surface area contributed by atoms with Crippen LogP contribution in [0, 0.1) is 11.3 Å². The summed E-state index contributed by atoms with van der Waals surface area (Å²) in [4.78, 5) is 12.3. The van der Waals surface area contributed by atoms with Gasteiger partial charge in [-0.3, -0.25) is 4.79 Å². The average Bonchev–Trinajstić information content (AvgIpc) is 2.61. The average molecular weight is 343 g/mol. The summed E-state index contributed by atoms with van der Waals surface area (Å²) in [6.07, 6.45) is 0.679. The van der Waals surface area contributed by atoms with Crippen molar-refractivity contribution in [2.45, 2.75) is 18.2 Å². The van der Waals surface area contributed by atoms with Gasteiger partial charge in [-0.05, 0) is 48.9 Å². The van der Waals surface area contributed by atoms with Gasteiger partial charge in [0.15, 0.2) is 0 Å². The lowest BCUT2D eigenvalue weighted by atomic mass is 10.2. The third kappa shape index (κ3) is 4.41. The fraction of sp³-hybridized carbons (Fsp3) is 0.176. The van der Waals surface area contributed by atoms with Crippen molar-refractivity contribution in [2.24, 2.45) is 0 Å². The van der Waals surface area contributed by atoms with Crippen molar-refractivity contribution < 1.29 is 13.2 Å². The fourth-order valence-electron chi connectivity index (χ4n) is 1.96. The van der Waals surface area contributed by atoms with Gasteiger partial charge in [0.2, 0.25) is 10.0 Å². The van der Waals surface area contributed by atoms with Gasteiger partial charge >= 0.3 is 0 Å². The number of hydrogen-bond acceptors (Lipinski definition) is 4. The Labute approximate surface area is 141 Å². The molecule has 0 heterocycles. The topological polar surface area (TPSA) is 99.1 Å². The smallest absolute Gasteiger partial charge is 0.255 e. The maximum atomic E-state index is 12.3. The molecule has 0 fully saturated rings. The highest BCUT2D eigenvalue weighted by Crippen LogP contribution is 2.14. The van der Waals surface area contributed by atoms with Gasteiger partial charge < -0.3 is 5.32 Å². The molecule has 0 saturated heterocycles. The summed E-state index contributed by atoms with van der Waals surface area (Å²) in [5.74, 6) is -0.424. The van der Waals surface area contributed by atoms with E-state index in [0.717, 1.165) is 0 Å². The van der Waals surface area contributed by atoms with E-state index >= 15 is 0 Å². The van der Waals surface area contributed by atoms with Crippen LogP contribution in [0.5, 0.6) is 0 Å². The van der Waals surface area contributed by atoms with E-state index in [4.69, 9.17) is 5.26 Å². The Kier molecular flexibility index (Phi) is 5.68. The predicted octanol–water partition coefficient (Wildman–Crippen LogP) is 2.50. The molecule has 0 saturated carbocycles. The van der Waals surface area contributed by atoms with Crippen LogP contribution in [0.1, 0.15) is 29.3 Å². The Morgan fingerprint density at radius 3 is 2.50 bits per heavy atom. The minimum Gasteiger partial charge on any atom is -0.322 e. The number of benzene rings is 2. The van der Waals surface area contributed by atoms with Crippen molar-refractivity contribution in [3.8, 4) is 6.07 Å². The normalized spacial score (nSPS) is 10.8. The number of rotatable bonds is 6. The molecular formula is C17H17N3O3S. The molecule has 24 heavy (non-hydrogen) atoms. The first-order valence-corrected chi connectivity index (χ1v) is 8.86. The highest BCUT2D eigenvalue weighted by Gasteiger charge is 2.15. The van der Waals surface area contributed by atoms with Crippen LogP contribution in [0.25, 0.3) is 0 Å². The first kappa shape index (κ1) is 17.7. The Morgan fingerprint density at radius 1 is 1.17 bits per heavy atom. The van der Waals surface area contributed by atoms with Gasteiger partial charge in [0.1, 0.15) is 0 Å². The third-order valence-electron chi connectivity index (χ3n) is 3.22. The highest BCUT2D eigenvalue weighted by atomic mass is 32.2. The number of hydrogen-bond donors (Lipinski definition) is 2. The van der Waals surface area contributed by atoms with Crippen molar-refractivity contribution in [1.82, 2.24) is 4.72 Å². The van der Waals surface area contributed by atoms with Gasteiger partial charge in [-0.1, -0.05) is 13.0 Å². The molecule has 0 aliphatic carbocycles. The Morgan fingerprint density at radius 2 is 1.88 bits per heavy atom. The molecule has 0 aliphatic heterocycles. The third-order valence-corrected chi connectivity index (χ3v) is 4.68. The molecule has 1 amide bonds. The maximum Gasteiger partial charge on any atom is 0.255 e. The molecule has 0 atom stereocenters. The summed E-state index contributed by atoms with van der Waals surface area (Å²) in [6.45, 7) is 2.20. The van der Waals surface area contributed by atoms with Gasteiger partial charge in [-0.15, -0.1) is 0 Å². The standard InChI is InChI=1S/C17H17N3O3S/c1-2-10-19-24(22,23)16-5-3-4-14(11-16)17(21)20-15-8-6-13(12-18)7-9-15/h3-9,11,19H,2,10H2,1H3,(H,20,21). The van der Waals surface area contributed by atoms with E-state index in [2.05, 4.69) is 10.0 Å². The summed E-state index contributed by atoms with van der Waals surface area (Å²) < 4.78 is 26.7. The summed E-state index contributed by atoms with van der Waals surface area (Å²) in [5.41, 5.74) is 1.25. The van der Waals surface area contributed by atoms with Crippen molar-refractivity contribution in [2.75, 3.05) is 11.9 Å². The number of nitriles is 1. The molecule has 6 nitrogen and oxygen atoms in total. The van der Waals surface area contributed by atoms with Crippen molar-refractivity contribution in [1.29, 1.82) is 5.26 Å². The number of carbonyl (C=O) groups is 1. The number of amides is 1. The number of nitrogens with one attached hydrogen (secondary N) is 2. The van der Waals surface area contributed by atoms with Gasteiger partial charge in [0.05, 0.1) is 16.5 Å². The van der Waals surface area contributed by atoms with Crippen LogP contribution >= 0.6 is 0 Å². The van der Waals surface area contributed by atoms with Gasteiger partial charge in [0.25, 0.3) is 5.91 Å². The molecule has 2 aromatic rings. The van der Waals surface area contributed by atoms with Crippen LogP contribution in [0.2, 0.25) is 0 Å². The first-order chi connectivity index (χ1) is 11.5. The summed E-state index contributed by atoms with van der Waals surface area (Å²) >= 11 is 0. The Bertz CT molecular complexity index is 869. The van der Waals surface area contributed by atoms with Crippen LogP contribution in [-0.4, -0.2) is 20.9 Å². The molecule has 0 radical (unpaired) electrons. The SMILES string of the molecule is CCCNS(=O)(=O)c1cccc(C(=O)Nc2ccc(C#N)cc2)c1. The number of sulfonamides is 1. The molecular weight excluding hydrogens is 326 g/mol. The van der Waals surface area contributed by atoms with Gasteiger partial charge in [-0.25, -0.2) is 13.1 Å². The minimum atomic E-state index is -3.63. The number of nitrogens with zero attached hydrogens (tertiary/aromatic N) is 1. The van der Waals surface area contributed by atoms with Crippen LogP contribution in [-0.2, 0) is 10.0 Å². The fourth-order valence-corrected chi connectivity index (χ4v) is 3.13. The van der Waals surface area contributed by atoms with E-state index in [0.29, 0.717) is 24.2 Å². The first-order valence-electron chi connectivity index (χ1n) is 7.37. The number of anilines is 1. The summed E-state index contributed by atoms with van der Waals surface area (Å²) in [7, 11) is -3.63. The minimum absolute atomic E-state index is 0.0448. The quantitative estimate of drug-likeness (QED) is 0.842. The summed E-state index contributed by atoms with van der Waals surface area (Å²) in [5, 5.41) is 11.4. The van der Waals surface area contributed by atoms with Crippen LogP contribution < -0.4 is 10.0 Å². The lowest BCUT2D eigenvalue weighted by Gasteiger charge is -2.08. The molecule has 0 aromatic heterocycles. The molecule has 2 rings (SSSR count). The molecule has 0 bridgehead atoms. The van der Waals surface area contributed by atoms with Crippen molar-refractivity contribution in [3.05, 3.63) is 59.7 Å². The van der Waals surface area contributed by atoms with E-state index in [1.807, 2.05) is 13.0 Å². The largest absolute Gasteiger partial charge is 0.322 e. The van der Waals surface area contributed by atoms with Gasteiger partial charge in [-0.2, -0.15) is 5.26 Å². The van der Waals surface area contributed by atoms with Crippen LogP contribution in [0.15, 0.2) is 53.4 Å². The second-order valence-electron chi connectivity index (χ2n) is 5.07. The van der Waals surface area contributed by atoms with Crippen LogP contribution in [0.3, 0.4) is 0 Å². The van der Waals surface area contributed by atoms with Gasteiger partial charge in [0, 0.05) is 17.8 Å². The lowest BCUT2D eigenvalue weighted by Crippen LogP contribution is -2.24. The molecule has 0 aliphatic rings. The lowest BCUT2D eigenvalue weighted by molar-refractivity contribution is 0.102. The predicted molar refractivity (Wildman–Crippen MR) is 91.0 cm³/mol. The van der Waals surface area contributed by atoms with E-state index < -0.39 is 15.9 Å². The molecule has 0 unspecified atom stereocenters. The molecule has 2 N–H and O–H groups in total. The maximum absolute atomic E-state index is 12.3. The van der Waals surface area contributed by atoms with E-state index in [1.54, 1.807) is 24.3 Å². The zero-order chi connectivity index (χ0) is 17.6. The second-order valence-corrected chi connectivity index (χ2v) is 6.84. The zero-order valence-electron chi connectivity index (χ0n) is 13.1. The van der Waals surface area contributed by atoms with Crippen molar-refractivity contribution >= 4 is 21.6 Å². The summed E-state index contributed by atoms with van der Waals surface area (Å²) in [6, 6.07) is 14.2. The van der Waals surface area contributed by atoms with Crippen molar-refractivity contribution in [3.63, 3.8) is 0 Å². The Balaban J connectivity index is 2.18. The number of carbonyl (C=O) groups excluding carboxylic acids is 1. The van der Waals surface area contributed by atoms with E-state index in [9.17, 15) is 13.2 Å².